The van der Waals surface area contributed by atoms with Crippen LogP contribution in [0.15, 0.2) is 54.7 Å². The number of anilines is 1. The number of aliphatic hydroxyl groups excluding tert-OH is 1. The number of aliphatic hydroxyl groups is 1. The number of nitrogens with one attached hydrogen (secondary N) is 1. The first-order chi connectivity index (χ1) is 16.3. The summed E-state index contributed by atoms with van der Waals surface area (Å²) in [5.41, 5.74) is 10.4. The lowest BCUT2D eigenvalue weighted by Gasteiger charge is -2.17. The van der Waals surface area contributed by atoms with Gasteiger partial charge in [-0.3, -0.25) is 9.48 Å². The summed E-state index contributed by atoms with van der Waals surface area (Å²) < 4.78 is 16.8. The van der Waals surface area contributed by atoms with Crippen LogP contribution < -0.4 is 11.1 Å². The topological polar surface area (TPSA) is 119 Å². The van der Waals surface area contributed by atoms with Crippen molar-refractivity contribution in [2.24, 2.45) is 7.05 Å². The highest BCUT2D eigenvalue weighted by Crippen LogP contribution is 2.30. The zero-order valence-electron chi connectivity index (χ0n) is 19.1. The van der Waals surface area contributed by atoms with E-state index in [-0.39, 0.29) is 18.0 Å². The monoisotopic (exact) mass is 460 g/mol. The first-order valence-electron chi connectivity index (χ1n) is 10.7. The van der Waals surface area contributed by atoms with Gasteiger partial charge in [0, 0.05) is 23.9 Å². The van der Waals surface area contributed by atoms with Crippen LogP contribution in [0.2, 0.25) is 0 Å². The quantitative estimate of drug-likeness (QED) is 0.406. The van der Waals surface area contributed by atoms with Crippen molar-refractivity contribution in [1.82, 2.24) is 25.1 Å². The third-order valence-corrected chi connectivity index (χ3v) is 5.74. The van der Waals surface area contributed by atoms with Gasteiger partial charge in [0.05, 0.1) is 35.8 Å². The molecule has 0 saturated carbocycles. The minimum Gasteiger partial charge on any atom is -0.394 e. The Bertz CT molecular complexity index is 1350. The molecule has 4 aromatic rings. The lowest BCUT2D eigenvalue weighted by Crippen LogP contribution is -2.31. The second-order valence-corrected chi connectivity index (χ2v) is 7.97. The van der Waals surface area contributed by atoms with Gasteiger partial charge in [0.25, 0.3) is 5.91 Å². The maximum absolute atomic E-state index is 15.0. The van der Waals surface area contributed by atoms with Crippen molar-refractivity contribution >= 4 is 11.7 Å². The lowest BCUT2D eigenvalue weighted by atomic mass is 10.0. The zero-order valence-corrected chi connectivity index (χ0v) is 19.1. The number of aromatic nitrogens is 4. The van der Waals surface area contributed by atoms with Gasteiger partial charge in [0.2, 0.25) is 0 Å². The number of benzene rings is 2. The molecule has 1 amide bonds. The van der Waals surface area contributed by atoms with Crippen LogP contribution in [0.25, 0.3) is 22.5 Å². The highest BCUT2D eigenvalue weighted by molar-refractivity contribution is 5.95. The minimum atomic E-state index is -0.736. The second kappa shape index (κ2) is 9.40. The van der Waals surface area contributed by atoms with Gasteiger partial charge in [-0.1, -0.05) is 36.4 Å². The molecule has 0 aliphatic heterocycles. The molecule has 0 saturated heterocycles. The zero-order chi connectivity index (χ0) is 24.4. The Morgan fingerprint density at radius 1 is 1.21 bits per heavy atom. The van der Waals surface area contributed by atoms with Gasteiger partial charge in [-0.05, 0) is 31.5 Å². The standard InChI is InChI=1S/C25H25FN6O2/c1-14-22(15(2)32(3)31-14)20-12-28-24(27)23(29-20)17-9-10-18(19(26)11-17)25(34)30-21(13-33)16-7-5-4-6-8-16/h4-12,21,33H,13H2,1-3H3,(H2,27,28)(H,30,34). The van der Waals surface area contributed by atoms with Crippen molar-refractivity contribution in [3.8, 4) is 22.5 Å². The van der Waals surface area contributed by atoms with Crippen molar-refractivity contribution in [2.75, 3.05) is 12.3 Å². The Balaban J connectivity index is 1.64. The first kappa shape index (κ1) is 23.1. The minimum absolute atomic E-state index is 0.143. The number of carbonyl (C=O) groups excluding carboxylic acids is 1. The number of nitrogen functional groups attached to an aromatic ring is 1. The van der Waals surface area contributed by atoms with Crippen molar-refractivity contribution in [1.29, 1.82) is 0 Å². The Hall–Kier alpha value is -4.11. The SMILES string of the molecule is Cc1nn(C)c(C)c1-c1cnc(N)c(-c2ccc(C(=O)NC(CO)c3ccccc3)c(F)c2)n1. The molecule has 1 atom stereocenters. The van der Waals surface area contributed by atoms with Crippen molar-refractivity contribution in [2.45, 2.75) is 19.9 Å². The summed E-state index contributed by atoms with van der Waals surface area (Å²) in [6, 6.07) is 12.5. The van der Waals surface area contributed by atoms with Crippen LogP contribution in [-0.4, -0.2) is 37.4 Å². The Labute approximate surface area is 196 Å². The third kappa shape index (κ3) is 4.38. The third-order valence-electron chi connectivity index (χ3n) is 5.74. The predicted octanol–water partition coefficient (Wildman–Crippen LogP) is 3.35. The molecule has 9 heteroatoms. The van der Waals surface area contributed by atoms with Crippen molar-refractivity contribution in [3.05, 3.63) is 83.1 Å². The lowest BCUT2D eigenvalue weighted by molar-refractivity contribution is 0.0912. The number of hydrogen-bond acceptors (Lipinski definition) is 6. The fraction of sp³-hybridized carbons (Fsp3) is 0.200. The van der Waals surface area contributed by atoms with Gasteiger partial charge < -0.3 is 16.2 Å². The molecule has 8 nitrogen and oxygen atoms in total. The number of nitrogens with two attached hydrogens (primary N) is 1. The molecule has 2 aromatic carbocycles. The van der Waals surface area contributed by atoms with E-state index in [1.165, 1.54) is 12.1 Å². The van der Waals surface area contributed by atoms with Crippen LogP contribution in [-0.2, 0) is 7.05 Å². The molecule has 1 unspecified atom stereocenters. The number of amides is 1. The van der Waals surface area contributed by atoms with Gasteiger partial charge in [-0.25, -0.2) is 14.4 Å². The molecule has 0 spiro atoms. The van der Waals surface area contributed by atoms with E-state index in [1.54, 1.807) is 41.2 Å². The normalized spacial score (nSPS) is 11.9. The molecule has 0 aliphatic carbocycles. The molecule has 34 heavy (non-hydrogen) atoms. The van der Waals surface area contributed by atoms with Crippen LogP contribution in [0.5, 0.6) is 0 Å². The largest absolute Gasteiger partial charge is 0.394 e. The van der Waals surface area contributed by atoms with Gasteiger partial charge in [0.15, 0.2) is 0 Å². The molecule has 0 aliphatic rings. The molecule has 0 fully saturated rings. The summed E-state index contributed by atoms with van der Waals surface area (Å²) in [6.45, 7) is 3.49. The van der Waals surface area contributed by atoms with E-state index in [1.807, 2.05) is 27.0 Å². The highest BCUT2D eigenvalue weighted by atomic mass is 19.1. The Morgan fingerprint density at radius 2 is 1.94 bits per heavy atom. The summed E-state index contributed by atoms with van der Waals surface area (Å²) in [5.74, 6) is -1.23. The number of halogens is 1. The fourth-order valence-corrected chi connectivity index (χ4v) is 3.88. The summed E-state index contributed by atoms with van der Waals surface area (Å²) in [7, 11) is 1.84. The fourth-order valence-electron chi connectivity index (χ4n) is 3.88. The summed E-state index contributed by atoms with van der Waals surface area (Å²) in [6.07, 6.45) is 1.56. The predicted molar refractivity (Wildman–Crippen MR) is 127 cm³/mol. The number of aryl methyl sites for hydroxylation is 2. The molecule has 174 valence electrons. The maximum Gasteiger partial charge on any atom is 0.254 e. The smallest absolute Gasteiger partial charge is 0.254 e. The van der Waals surface area contributed by atoms with E-state index in [0.717, 1.165) is 22.5 Å². The van der Waals surface area contributed by atoms with Gasteiger partial charge in [0.1, 0.15) is 17.3 Å². The number of nitrogens with zero attached hydrogens (tertiary/aromatic N) is 4. The molecular weight excluding hydrogens is 435 g/mol. The van der Waals surface area contributed by atoms with Crippen LogP contribution in [0.4, 0.5) is 10.2 Å². The summed E-state index contributed by atoms with van der Waals surface area (Å²) in [5, 5.41) is 16.8. The van der Waals surface area contributed by atoms with E-state index in [2.05, 4.69) is 20.4 Å². The van der Waals surface area contributed by atoms with E-state index < -0.39 is 17.8 Å². The molecule has 4 N–H and O–H groups in total. The van der Waals surface area contributed by atoms with Crippen LogP contribution in [0.3, 0.4) is 0 Å². The molecular formula is C25H25FN6O2. The molecule has 0 bridgehead atoms. The first-order valence-corrected chi connectivity index (χ1v) is 10.7. The Kier molecular flexibility index (Phi) is 6.38. The Morgan fingerprint density at radius 3 is 2.56 bits per heavy atom. The van der Waals surface area contributed by atoms with Crippen LogP contribution >= 0.6 is 0 Å². The molecule has 4 rings (SSSR count). The maximum atomic E-state index is 15.0. The molecule has 2 aromatic heterocycles. The summed E-state index contributed by atoms with van der Waals surface area (Å²) in [4.78, 5) is 21.6. The van der Waals surface area contributed by atoms with Gasteiger partial charge >= 0.3 is 0 Å². The van der Waals surface area contributed by atoms with Crippen molar-refractivity contribution < 1.29 is 14.3 Å². The van der Waals surface area contributed by atoms with Crippen molar-refractivity contribution in [3.63, 3.8) is 0 Å². The van der Waals surface area contributed by atoms with Gasteiger partial charge in [-0.15, -0.1) is 0 Å². The second-order valence-electron chi connectivity index (χ2n) is 7.97. The van der Waals surface area contributed by atoms with Crippen LogP contribution in [0, 0.1) is 19.7 Å². The summed E-state index contributed by atoms with van der Waals surface area (Å²) >= 11 is 0. The average molecular weight is 461 g/mol. The molecule has 0 radical (unpaired) electrons. The van der Waals surface area contributed by atoms with E-state index in [4.69, 9.17) is 5.73 Å². The van der Waals surface area contributed by atoms with E-state index in [9.17, 15) is 9.90 Å². The molecule has 2 heterocycles. The number of rotatable bonds is 6. The number of hydrogen-bond donors (Lipinski definition) is 3. The van der Waals surface area contributed by atoms with E-state index >= 15 is 4.39 Å². The number of carbonyl (C=O) groups is 1. The highest BCUT2D eigenvalue weighted by Gasteiger charge is 2.20. The average Bonchev–Trinajstić information content (AvgIpc) is 3.09. The van der Waals surface area contributed by atoms with Gasteiger partial charge in [-0.2, -0.15) is 5.10 Å². The van der Waals surface area contributed by atoms with E-state index in [0.29, 0.717) is 17.0 Å². The van der Waals surface area contributed by atoms with Crippen LogP contribution in [0.1, 0.15) is 33.4 Å².